The summed E-state index contributed by atoms with van der Waals surface area (Å²) < 4.78 is 1.76. The first kappa shape index (κ1) is 14.4. The van der Waals surface area contributed by atoms with Crippen molar-refractivity contribution in [1.29, 1.82) is 0 Å². The molecule has 4 rings (SSSR count). The Morgan fingerprint density at radius 2 is 1.87 bits per heavy atom. The monoisotopic (exact) mass is 314 g/mol. The standard InChI is InChI=1S/C16H22N6O/c1-20-14-13(10-19-20)15(18-11-17-14)21-6-8-22(9-7-21)16(23)12-4-2-3-5-12/h10-12H,2-9H2,1H3. The molecule has 7 nitrogen and oxygen atoms in total. The lowest BCUT2D eigenvalue weighted by molar-refractivity contribution is -0.135. The van der Waals surface area contributed by atoms with Gasteiger partial charge in [-0.2, -0.15) is 5.10 Å². The van der Waals surface area contributed by atoms with Gasteiger partial charge in [0, 0.05) is 39.1 Å². The zero-order valence-electron chi connectivity index (χ0n) is 13.5. The summed E-state index contributed by atoms with van der Waals surface area (Å²) in [7, 11) is 1.89. The summed E-state index contributed by atoms with van der Waals surface area (Å²) in [6, 6.07) is 0. The lowest BCUT2D eigenvalue weighted by atomic mass is 10.1. The smallest absolute Gasteiger partial charge is 0.225 e. The van der Waals surface area contributed by atoms with E-state index in [-0.39, 0.29) is 5.92 Å². The number of fused-ring (bicyclic) bond motifs is 1. The molecular formula is C16H22N6O. The fraction of sp³-hybridized carbons (Fsp3) is 0.625. The molecule has 3 heterocycles. The molecule has 0 bridgehead atoms. The Balaban J connectivity index is 1.47. The van der Waals surface area contributed by atoms with E-state index < -0.39 is 0 Å². The largest absolute Gasteiger partial charge is 0.352 e. The second kappa shape index (κ2) is 5.79. The Labute approximate surface area is 135 Å². The molecule has 2 aromatic heterocycles. The maximum Gasteiger partial charge on any atom is 0.225 e. The van der Waals surface area contributed by atoms with E-state index in [1.807, 2.05) is 18.1 Å². The van der Waals surface area contributed by atoms with E-state index in [0.29, 0.717) is 5.91 Å². The summed E-state index contributed by atoms with van der Waals surface area (Å²) >= 11 is 0. The minimum Gasteiger partial charge on any atom is -0.352 e. The van der Waals surface area contributed by atoms with Gasteiger partial charge in [-0.05, 0) is 12.8 Å². The van der Waals surface area contributed by atoms with Gasteiger partial charge in [-0.3, -0.25) is 9.48 Å². The number of aromatic nitrogens is 4. The van der Waals surface area contributed by atoms with Crippen LogP contribution in [0.2, 0.25) is 0 Å². The lowest BCUT2D eigenvalue weighted by Gasteiger charge is -2.36. The molecule has 23 heavy (non-hydrogen) atoms. The van der Waals surface area contributed by atoms with Crippen LogP contribution in [0.15, 0.2) is 12.5 Å². The number of aryl methyl sites for hydroxylation is 1. The molecule has 2 aliphatic rings. The zero-order chi connectivity index (χ0) is 15.8. The van der Waals surface area contributed by atoms with Gasteiger partial charge in [0.05, 0.1) is 11.6 Å². The minimum atomic E-state index is 0.269. The Morgan fingerprint density at radius 1 is 1.13 bits per heavy atom. The van der Waals surface area contributed by atoms with Gasteiger partial charge >= 0.3 is 0 Å². The molecule has 2 fully saturated rings. The van der Waals surface area contributed by atoms with Crippen LogP contribution in [0.4, 0.5) is 5.82 Å². The van der Waals surface area contributed by atoms with Crippen molar-refractivity contribution in [3.05, 3.63) is 12.5 Å². The van der Waals surface area contributed by atoms with Crippen molar-refractivity contribution in [1.82, 2.24) is 24.6 Å². The van der Waals surface area contributed by atoms with Gasteiger partial charge in [0.15, 0.2) is 5.65 Å². The number of hydrogen-bond acceptors (Lipinski definition) is 5. The van der Waals surface area contributed by atoms with Gasteiger partial charge in [-0.1, -0.05) is 12.8 Å². The quantitative estimate of drug-likeness (QED) is 0.833. The number of anilines is 1. The first-order valence-electron chi connectivity index (χ1n) is 8.40. The first-order valence-corrected chi connectivity index (χ1v) is 8.40. The SMILES string of the molecule is Cn1ncc2c(N3CCN(C(=O)C4CCCC4)CC3)ncnc21. The maximum atomic E-state index is 12.5. The Kier molecular flexibility index (Phi) is 3.63. The predicted octanol–water partition coefficient (Wildman–Crippen LogP) is 1.20. The lowest BCUT2D eigenvalue weighted by Crippen LogP contribution is -2.50. The van der Waals surface area contributed by atoms with Crippen LogP contribution < -0.4 is 4.90 Å². The van der Waals surface area contributed by atoms with E-state index in [1.54, 1.807) is 11.0 Å². The topological polar surface area (TPSA) is 67.2 Å². The summed E-state index contributed by atoms with van der Waals surface area (Å²) in [6.07, 6.45) is 7.96. The highest BCUT2D eigenvalue weighted by molar-refractivity contribution is 5.87. The molecule has 0 radical (unpaired) electrons. The molecule has 0 aromatic carbocycles. The molecule has 2 aromatic rings. The number of piperazine rings is 1. The van der Waals surface area contributed by atoms with Crippen molar-refractivity contribution < 1.29 is 4.79 Å². The van der Waals surface area contributed by atoms with Gasteiger partial charge in [-0.15, -0.1) is 0 Å². The molecule has 0 atom stereocenters. The first-order chi connectivity index (χ1) is 11.2. The normalized spacial score (nSPS) is 19.7. The van der Waals surface area contributed by atoms with E-state index in [9.17, 15) is 4.79 Å². The molecular weight excluding hydrogens is 292 g/mol. The molecule has 0 unspecified atom stereocenters. The molecule has 1 aliphatic carbocycles. The van der Waals surface area contributed by atoms with Gasteiger partial charge in [0.25, 0.3) is 0 Å². The van der Waals surface area contributed by atoms with Crippen molar-refractivity contribution in [2.45, 2.75) is 25.7 Å². The number of carbonyl (C=O) groups is 1. The molecule has 1 saturated heterocycles. The van der Waals surface area contributed by atoms with E-state index in [1.165, 1.54) is 12.8 Å². The van der Waals surface area contributed by atoms with E-state index in [2.05, 4.69) is 20.0 Å². The predicted molar refractivity (Wildman–Crippen MR) is 87.1 cm³/mol. The molecule has 0 N–H and O–H groups in total. The van der Waals surface area contributed by atoms with Crippen LogP contribution in [-0.2, 0) is 11.8 Å². The second-order valence-electron chi connectivity index (χ2n) is 6.50. The number of amides is 1. The Bertz CT molecular complexity index is 712. The summed E-state index contributed by atoms with van der Waals surface area (Å²) in [5.74, 6) is 1.55. The molecule has 1 saturated carbocycles. The van der Waals surface area contributed by atoms with Gasteiger partial charge in [-0.25, -0.2) is 9.97 Å². The van der Waals surface area contributed by atoms with E-state index >= 15 is 0 Å². The zero-order valence-corrected chi connectivity index (χ0v) is 13.5. The average Bonchev–Trinajstić information content (AvgIpc) is 3.25. The van der Waals surface area contributed by atoms with Crippen LogP contribution in [0.1, 0.15) is 25.7 Å². The minimum absolute atomic E-state index is 0.269. The summed E-state index contributed by atoms with van der Waals surface area (Å²) in [6.45, 7) is 3.20. The van der Waals surface area contributed by atoms with Crippen LogP contribution in [0.25, 0.3) is 11.0 Å². The van der Waals surface area contributed by atoms with Crippen molar-refractivity contribution in [3.63, 3.8) is 0 Å². The number of hydrogen-bond donors (Lipinski definition) is 0. The highest BCUT2D eigenvalue weighted by Gasteiger charge is 2.30. The third-order valence-electron chi connectivity index (χ3n) is 5.10. The van der Waals surface area contributed by atoms with Crippen molar-refractivity contribution in [2.24, 2.45) is 13.0 Å². The van der Waals surface area contributed by atoms with Crippen LogP contribution >= 0.6 is 0 Å². The number of rotatable bonds is 2. The summed E-state index contributed by atoms with van der Waals surface area (Å²) in [5.41, 5.74) is 0.847. The van der Waals surface area contributed by atoms with Gasteiger partial charge in [0.2, 0.25) is 5.91 Å². The van der Waals surface area contributed by atoms with Crippen LogP contribution in [0, 0.1) is 5.92 Å². The third kappa shape index (κ3) is 2.54. The second-order valence-corrected chi connectivity index (χ2v) is 6.50. The van der Waals surface area contributed by atoms with Gasteiger partial charge in [0.1, 0.15) is 12.1 Å². The average molecular weight is 314 g/mol. The van der Waals surface area contributed by atoms with E-state index in [4.69, 9.17) is 0 Å². The van der Waals surface area contributed by atoms with Crippen molar-refractivity contribution in [2.75, 3.05) is 31.1 Å². The van der Waals surface area contributed by atoms with Crippen molar-refractivity contribution in [3.8, 4) is 0 Å². The van der Waals surface area contributed by atoms with Gasteiger partial charge < -0.3 is 9.80 Å². The summed E-state index contributed by atoms with van der Waals surface area (Å²) in [5, 5.41) is 5.25. The molecule has 7 heteroatoms. The Hall–Kier alpha value is -2.18. The fourth-order valence-electron chi connectivity index (χ4n) is 3.77. The molecule has 0 spiro atoms. The highest BCUT2D eigenvalue weighted by Crippen LogP contribution is 2.28. The van der Waals surface area contributed by atoms with Crippen LogP contribution in [0.5, 0.6) is 0 Å². The van der Waals surface area contributed by atoms with Crippen LogP contribution in [-0.4, -0.2) is 56.7 Å². The summed E-state index contributed by atoms with van der Waals surface area (Å²) in [4.78, 5) is 25.5. The molecule has 1 amide bonds. The van der Waals surface area contributed by atoms with Crippen LogP contribution in [0.3, 0.4) is 0 Å². The van der Waals surface area contributed by atoms with E-state index in [0.717, 1.165) is 55.9 Å². The maximum absolute atomic E-state index is 12.5. The Morgan fingerprint density at radius 3 is 2.61 bits per heavy atom. The van der Waals surface area contributed by atoms with Crippen molar-refractivity contribution >= 4 is 22.8 Å². The molecule has 122 valence electrons. The third-order valence-corrected chi connectivity index (χ3v) is 5.10. The molecule has 1 aliphatic heterocycles. The number of carbonyl (C=O) groups excluding carboxylic acids is 1. The highest BCUT2D eigenvalue weighted by atomic mass is 16.2. The number of nitrogens with zero attached hydrogens (tertiary/aromatic N) is 6. The fourth-order valence-corrected chi connectivity index (χ4v) is 3.77.